The molecule has 0 bridgehead atoms. The number of hydrogen-bond donors (Lipinski definition) is 1. The Morgan fingerprint density at radius 1 is 0.895 bits per heavy atom. The molecule has 0 fully saturated rings. The van der Waals surface area contributed by atoms with Crippen molar-refractivity contribution in [3.8, 4) is 16.9 Å². The molecule has 204 valence electrons. The molecule has 38 heavy (non-hydrogen) atoms. The number of halogens is 7. The van der Waals surface area contributed by atoms with Crippen LogP contribution in [-0.2, 0) is 25.4 Å². The minimum absolute atomic E-state index is 0.0141. The molecule has 0 saturated heterocycles. The first kappa shape index (κ1) is 29.6. The van der Waals surface area contributed by atoms with E-state index >= 15 is 0 Å². The van der Waals surface area contributed by atoms with E-state index in [1.54, 1.807) is 18.2 Å². The van der Waals surface area contributed by atoms with E-state index in [9.17, 15) is 36.2 Å². The Hall–Kier alpha value is -2.96. The number of nitrogens with zero attached hydrogens (tertiary/aromatic N) is 1. The summed E-state index contributed by atoms with van der Waals surface area (Å²) in [4.78, 5) is 12.9. The molecule has 3 aromatic carbocycles. The quantitative estimate of drug-likeness (QED) is 0.205. The van der Waals surface area contributed by atoms with Crippen molar-refractivity contribution >= 4 is 28.7 Å². The molecule has 0 heterocycles. The second-order valence-electron chi connectivity index (χ2n) is 8.97. The topological polar surface area (TPSA) is 49.8 Å². The van der Waals surface area contributed by atoms with Crippen molar-refractivity contribution in [2.24, 2.45) is 0 Å². The van der Waals surface area contributed by atoms with E-state index in [4.69, 9.17) is 4.74 Å². The highest BCUT2D eigenvalue weighted by atomic mass is 127. The minimum Gasteiger partial charge on any atom is -0.496 e. The lowest BCUT2D eigenvalue weighted by Crippen LogP contribution is -2.29. The van der Waals surface area contributed by atoms with Crippen molar-refractivity contribution in [2.45, 2.75) is 45.2 Å². The van der Waals surface area contributed by atoms with Gasteiger partial charge in [-0.05, 0) is 93.2 Å². The third kappa shape index (κ3) is 7.12. The molecule has 0 aliphatic carbocycles. The van der Waals surface area contributed by atoms with Gasteiger partial charge in [0.1, 0.15) is 5.75 Å². The average molecular weight is 651 g/mol. The standard InChI is InChI=1S/C27H24F6INO3/c1-15(2)17-4-7-24(38-3)23(11-17)22-6-5-21(34)10-18(22)14-35(25(36)37)13-16-8-19(26(28,29)30)12-20(9-16)27(31,32)33/h4-12,15H,13-14H2,1-3H3,(H,36,37). The number of hydrogen-bond acceptors (Lipinski definition) is 2. The maximum atomic E-state index is 13.3. The molecule has 0 atom stereocenters. The zero-order valence-electron chi connectivity index (χ0n) is 20.5. The summed E-state index contributed by atoms with van der Waals surface area (Å²) in [5, 5.41) is 9.86. The Labute approximate surface area is 229 Å². The van der Waals surface area contributed by atoms with Gasteiger partial charge in [0.05, 0.1) is 24.8 Å². The molecule has 3 aromatic rings. The number of benzene rings is 3. The van der Waals surface area contributed by atoms with Gasteiger partial charge in [-0.3, -0.25) is 4.90 Å². The van der Waals surface area contributed by atoms with Crippen LogP contribution in [0.2, 0.25) is 0 Å². The van der Waals surface area contributed by atoms with Gasteiger partial charge in [-0.15, -0.1) is 0 Å². The van der Waals surface area contributed by atoms with Crippen molar-refractivity contribution < 1.29 is 41.0 Å². The number of carbonyl (C=O) groups is 1. The molecule has 1 amide bonds. The van der Waals surface area contributed by atoms with Crippen LogP contribution in [-0.4, -0.2) is 23.2 Å². The van der Waals surface area contributed by atoms with Gasteiger partial charge < -0.3 is 9.84 Å². The molecule has 0 aliphatic rings. The molecule has 0 aliphatic heterocycles. The van der Waals surface area contributed by atoms with Crippen LogP contribution >= 0.6 is 22.6 Å². The molecular weight excluding hydrogens is 627 g/mol. The predicted octanol–water partition coefficient (Wildman–Crippen LogP) is 8.81. The monoisotopic (exact) mass is 651 g/mol. The third-order valence-electron chi connectivity index (χ3n) is 5.90. The van der Waals surface area contributed by atoms with Crippen LogP contribution < -0.4 is 4.74 Å². The highest BCUT2D eigenvalue weighted by Gasteiger charge is 2.37. The highest BCUT2D eigenvalue weighted by Crippen LogP contribution is 2.38. The first-order chi connectivity index (χ1) is 17.6. The van der Waals surface area contributed by atoms with Crippen molar-refractivity contribution in [1.82, 2.24) is 4.90 Å². The predicted molar refractivity (Wildman–Crippen MR) is 139 cm³/mol. The Morgan fingerprint density at radius 2 is 1.50 bits per heavy atom. The normalized spacial score (nSPS) is 12.1. The van der Waals surface area contributed by atoms with E-state index in [2.05, 4.69) is 0 Å². The van der Waals surface area contributed by atoms with Crippen molar-refractivity contribution in [2.75, 3.05) is 7.11 Å². The van der Waals surface area contributed by atoms with Gasteiger partial charge in [0, 0.05) is 15.7 Å². The molecule has 0 aromatic heterocycles. The van der Waals surface area contributed by atoms with Crippen LogP contribution in [0.3, 0.4) is 0 Å². The summed E-state index contributed by atoms with van der Waals surface area (Å²) >= 11 is 2.04. The van der Waals surface area contributed by atoms with Crippen LogP contribution in [0, 0.1) is 3.57 Å². The second-order valence-corrected chi connectivity index (χ2v) is 10.2. The fourth-order valence-corrected chi connectivity index (χ4v) is 4.53. The highest BCUT2D eigenvalue weighted by molar-refractivity contribution is 14.1. The summed E-state index contributed by atoms with van der Waals surface area (Å²) in [6.07, 6.45) is -11.6. The summed E-state index contributed by atoms with van der Waals surface area (Å²) in [6.45, 7) is 3.05. The van der Waals surface area contributed by atoms with E-state index in [-0.39, 0.29) is 18.5 Å². The molecule has 0 spiro atoms. The molecular formula is C27H24F6INO3. The van der Waals surface area contributed by atoms with Gasteiger partial charge in [-0.2, -0.15) is 26.3 Å². The summed E-state index contributed by atoms with van der Waals surface area (Å²) in [5.74, 6) is 0.720. The van der Waals surface area contributed by atoms with Crippen LogP contribution in [0.15, 0.2) is 54.6 Å². The number of carboxylic acid groups (broad SMARTS) is 1. The second kappa shape index (κ2) is 11.4. The van der Waals surface area contributed by atoms with Crippen molar-refractivity contribution in [3.63, 3.8) is 0 Å². The maximum absolute atomic E-state index is 13.3. The molecule has 3 rings (SSSR count). The summed E-state index contributed by atoms with van der Waals surface area (Å²) in [5.41, 5.74) is -0.590. The number of rotatable bonds is 7. The average Bonchev–Trinajstić information content (AvgIpc) is 2.82. The largest absolute Gasteiger partial charge is 0.496 e. The van der Waals surface area contributed by atoms with Crippen molar-refractivity contribution in [3.05, 3.63) is 86.0 Å². The number of ether oxygens (including phenoxy) is 1. The number of amides is 1. The van der Waals surface area contributed by atoms with Crippen LogP contribution in [0.4, 0.5) is 31.1 Å². The molecule has 1 N–H and O–H groups in total. The Balaban J connectivity index is 2.08. The lowest BCUT2D eigenvalue weighted by molar-refractivity contribution is -0.143. The van der Waals surface area contributed by atoms with Gasteiger partial charge in [0.15, 0.2) is 0 Å². The Bertz CT molecular complexity index is 1290. The fourth-order valence-electron chi connectivity index (χ4n) is 3.98. The zero-order valence-corrected chi connectivity index (χ0v) is 22.7. The van der Waals surface area contributed by atoms with Gasteiger partial charge in [-0.25, -0.2) is 4.79 Å². The van der Waals surface area contributed by atoms with Gasteiger partial charge in [-0.1, -0.05) is 26.0 Å². The van der Waals surface area contributed by atoms with E-state index in [0.717, 1.165) is 14.0 Å². The fraction of sp³-hybridized carbons (Fsp3) is 0.296. The lowest BCUT2D eigenvalue weighted by atomic mass is 9.93. The van der Waals surface area contributed by atoms with Crippen LogP contribution in [0.1, 0.15) is 47.6 Å². The van der Waals surface area contributed by atoms with Crippen LogP contribution in [0.5, 0.6) is 5.75 Å². The molecule has 0 saturated carbocycles. The van der Waals surface area contributed by atoms with Crippen molar-refractivity contribution in [1.29, 1.82) is 0 Å². The number of methoxy groups -OCH3 is 1. The maximum Gasteiger partial charge on any atom is 0.416 e. The minimum atomic E-state index is -5.04. The summed E-state index contributed by atoms with van der Waals surface area (Å²) in [7, 11) is 1.50. The molecule has 4 nitrogen and oxygen atoms in total. The smallest absolute Gasteiger partial charge is 0.416 e. The van der Waals surface area contributed by atoms with Gasteiger partial charge in [0.2, 0.25) is 0 Å². The van der Waals surface area contributed by atoms with E-state index in [1.165, 1.54) is 7.11 Å². The van der Waals surface area contributed by atoms with E-state index in [0.29, 0.717) is 34.6 Å². The van der Waals surface area contributed by atoms with Crippen LogP contribution in [0.25, 0.3) is 11.1 Å². The molecule has 11 heteroatoms. The Morgan fingerprint density at radius 3 is 2.00 bits per heavy atom. The summed E-state index contributed by atoms with van der Waals surface area (Å²) < 4.78 is 86.2. The Kier molecular flexibility index (Phi) is 8.89. The molecule has 0 radical (unpaired) electrons. The zero-order chi connectivity index (χ0) is 28.4. The van der Waals surface area contributed by atoms with Gasteiger partial charge in [0.25, 0.3) is 0 Å². The van der Waals surface area contributed by atoms with Gasteiger partial charge >= 0.3 is 18.4 Å². The van der Waals surface area contributed by atoms with E-state index in [1.807, 2.05) is 54.6 Å². The summed E-state index contributed by atoms with van der Waals surface area (Å²) in [6, 6.07) is 12.0. The number of alkyl halides is 6. The first-order valence-electron chi connectivity index (χ1n) is 11.3. The van der Waals surface area contributed by atoms with E-state index < -0.39 is 41.7 Å². The first-order valence-corrected chi connectivity index (χ1v) is 12.4. The SMILES string of the molecule is COc1ccc(C(C)C)cc1-c1ccc(I)cc1CN(Cc1cc(C(F)(F)F)cc(C(F)(F)F)c1)C(=O)O. The third-order valence-corrected chi connectivity index (χ3v) is 6.57. The molecule has 0 unspecified atom stereocenters. The lowest BCUT2D eigenvalue weighted by Gasteiger charge is -2.23.